The van der Waals surface area contributed by atoms with Crippen molar-refractivity contribution >= 4 is 0 Å². The summed E-state index contributed by atoms with van der Waals surface area (Å²) < 4.78 is 0. The monoisotopic (exact) mass is 381 g/mol. The van der Waals surface area contributed by atoms with Gasteiger partial charge < -0.3 is 5.11 Å². The highest BCUT2D eigenvalue weighted by atomic mass is 16.3. The van der Waals surface area contributed by atoms with Gasteiger partial charge in [-0.25, -0.2) is 0 Å². The summed E-state index contributed by atoms with van der Waals surface area (Å²) in [6, 6.07) is 0. The van der Waals surface area contributed by atoms with E-state index in [0.29, 0.717) is 5.92 Å². The molecule has 0 saturated heterocycles. The van der Waals surface area contributed by atoms with Crippen LogP contribution < -0.4 is 0 Å². The zero-order valence-electron chi connectivity index (χ0n) is 20.1. The lowest BCUT2D eigenvalue weighted by molar-refractivity contribution is -0.0402. The Morgan fingerprint density at radius 2 is 1.00 bits per heavy atom. The van der Waals surface area contributed by atoms with Gasteiger partial charge in [0.2, 0.25) is 0 Å². The van der Waals surface area contributed by atoms with Crippen LogP contribution in [0.2, 0.25) is 0 Å². The molecular weight excluding hydrogens is 328 g/mol. The van der Waals surface area contributed by atoms with Gasteiger partial charge >= 0.3 is 0 Å². The zero-order chi connectivity index (χ0) is 20.9. The van der Waals surface area contributed by atoms with Crippen LogP contribution in [-0.2, 0) is 0 Å². The van der Waals surface area contributed by atoms with Crippen LogP contribution in [0.4, 0.5) is 0 Å². The second-order valence-electron chi connectivity index (χ2n) is 11.0. The van der Waals surface area contributed by atoms with Gasteiger partial charge in [-0.2, -0.15) is 0 Å². The first-order valence-corrected chi connectivity index (χ1v) is 12.0. The number of hydrogen-bond acceptors (Lipinski definition) is 1. The summed E-state index contributed by atoms with van der Waals surface area (Å²) in [6.07, 6.45) is 16.9. The van der Waals surface area contributed by atoms with Crippen LogP contribution in [0.3, 0.4) is 0 Å². The molecule has 0 amide bonds. The third-order valence-electron chi connectivity index (χ3n) is 6.48. The molecule has 0 spiro atoms. The zero-order valence-corrected chi connectivity index (χ0v) is 20.1. The molecule has 0 saturated carbocycles. The fourth-order valence-corrected chi connectivity index (χ4v) is 4.54. The minimum Gasteiger partial charge on any atom is -0.393 e. The average Bonchev–Trinajstić information content (AvgIpc) is 2.53. The first-order valence-electron chi connectivity index (χ1n) is 12.0. The molecule has 1 heteroatoms. The average molecular weight is 382 g/mol. The van der Waals surface area contributed by atoms with Crippen molar-refractivity contribution in [2.24, 2.45) is 22.7 Å². The Morgan fingerprint density at radius 3 is 1.33 bits per heavy atom. The van der Waals surface area contributed by atoms with E-state index in [9.17, 15) is 5.11 Å². The molecule has 0 rings (SSSR count). The SMILES string of the molecule is [CH2]CC(C(O)C(CCCCCCCCCCCCC)C(C)(C)C)C(C)(C)C. The van der Waals surface area contributed by atoms with E-state index in [2.05, 4.69) is 55.4 Å². The molecule has 0 aliphatic heterocycles. The Labute approximate surface area is 173 Å². The number of hydrogen-bond donors (Lipinski definition) is 1. The van der Waals surface area contributed by atoms with Crippen molar-refractivity contribution in [3.63, 3.8) is 0 Å². The van der Waals surface area contributed by atoms with Crippen molar-refractivity contribution in [3.8, 4) is 0 Å². The third-order valence-corrected chi connectivity index (χ3v) is 6.48. The Hall–Kier alpha value is -0.0400. The van der Waals surface area contributed by atoms with Crippen molar-refractivity contribution in [1.82, 2.24) is 0 Å². The highest BCUT2D eigenvalue weighted by molar-refractivity contribution is 4.89. The molecule has 1 N–H and O–H groups in total. The second kappa shape index (κ2) is 14.0. The number of rotatable bonds is 15. The van der Waals surface area contributed by atoms with Crippen molar-refractivity contribution in [3.05, 3.63) is 6.92 Å². The van der Waals surface area contributed by atoms with Crippen LogP contribution in [0.15, 0.2) is 0 Å². The van der Waals surface area contributed by atoms with E-state index < -0.39 is 0 Å². The van der Waals surface area contributed by atoms with E-state index in [-0.39, 0.29) is 22.9 Å². The topological polar surface area (TPSA) is 20.2 Å². The van der Waals surface area contributed by atoms with E-state index in [1.807, 2.05) is 0 Å². The largest absolute Gasteiger partial charge is 0.393 e. The van der Waals surface area contributed by atoms with Crippen LogP contribution in [0.1, 0.15) is 132 Å². The van der Waals surface area contributed by atoms with Gasteiger partial charge in [0.05, 0.1) is 6.10 Å². The molecule has 3 atom stereocenters. The van der Waals surface area contributed by atoms with Gasteiger partial charge in [-0.05, 0) is 35.5 Å². The molecule has 0 heterocycles. The Kier molecular flexibility index (Phi) is 14.0. The number of unbranched alkanes of at least 4 members (excludes halogenated alkanes) is 10. The van der Waals surface area contributed by atoms with E-state index in [1.54, 1.807) is 0 Å². The highest BCUT2D eigenvalue weighted by Crippen LogP contribution is 2.41. The third kappa shape index (κ3) is 12.2. The summed E-state index contributed by atoms with van der Waals surface area (Å²) >= 11 is 0. The fraction of sp³-hybridized carbons (Fsp3) is 0.962. The Balaban J connectivity index is 4.17. The van der Waals surface area contributed by atoms with E-state index in [0.717, 1.165) is 12.8 Å². The van der Waals surface area contributed by atoms with E-state index in [4.69, 9.17) is 0 Å². The van der Waals surface area contributed by atoms with Gasteiger partial charge in [0.1, 0.15) is 0 Å². The van der Waals surface area contributed by atoms with Crippen LogP contribution in [0.5, 0.6) is 0 Å². The van der Waals surface area contributed by atoms with Crippen LogP contribution >= 0.6 is 0 Å². The van der Waals surface area contributed by atoms with Gasteiger partial charge in [-0.15, -0.1) is 0 Å². The van der Waals surface area contributed by atoms with E-state index >= 15 is 0 Å². The molecule has 0 aliphatic rings. The Bertz CT molecular complexity index is 333. The first-order chi connectivity index (χ1) is 12.6. The normalized spacial score (nSPS) is 16.3. The maximum atomic E-state index is 11.2. The summed E-state index contributed by atoms with van der Waals surface area (Å²) in [7, 11) is 0. The van der Waals surface area contributed by atoms with Gasteiger partial charge in [0.15, 0.2) is 0 Å². The van der Waals surface area contributed by atoms with Crippen LogP contribution in [0.25, 0.3) is 0 Å². The lowest BCUT2D eigenvalue weighted by Gasteiger charge is -2.43. The second-order valence-corrected chi connectivity index (χ2v) is 11.0. The lowest BCUT2D eigenvalue weighted by atomic mass is 9.65. The standard InChI is InChI=1S/C26H53O/c1-9-11-12-13-14-15-16-17-18-19-20-21-23(26(6,7)8)24(27)22(10-2)25(3,4)5/h22-24,27H,2,9-21H2,1,3-8H3. The summed E-state index contributed by atoms with van der Waals surface area (Å²) in [5, 5.41) is 11.2. The van der Waals surface area contributed by atoms with Gasteiger partial charge in [0.25, 0.3) is 0 Å². The molecule has 0 aromatic rings. The molecule has 0 aromatic heterocycles. The molecule has 0 fully saturated rings. The fourth-order valence-electron chi connectivity index (χ4n) is 4.54. The minimum atomic E-state index is -0.245. The van der Waals surface area contributed by atoms with Crippen LogP contribution in [0, 0.1) is 29.6 Å². The van der Waals surface area contributed by atoms with Gasteiger partial charge in [-0.1, -0.05) is 126 Å². The van der Waals surface area contributed by atoms with Crippen molar-refractivity contribution in [1.29, 1.82) is 0 Å². The van der Waals surface area contributed by atoms with Crippen molar-refractivity contribution < 1.29 is 5.11 Å². The summed E-state index contributed by atoms with van der Waals surface area (Å²) in [6.45, 7) is 20.0. The number of aliphatic hydroxyl groups is 1. The molecule has 1 radical (unpaired) electrons. The predicted octanol–water partition coefficient (Wildman–Crippen LogP) is 8.60. The molecule has 0 bridgehead atoms. The molecule has 3 unspecified atom stereocenters. The summed E-state index contributed by atoms with van der Waals surface area (Å²) in [4.78, 5) is 0. The number of aliphatic hydroxyl groups excluding tert-OH is 1. The maximum absolute atomic E-state index is 11.2. The molecular formula is C26H53O. The van der Waals surface area contributed by atoms with Crippen molar-refractivity contribution in [2.75, 3.05) is 0 Å². The summed E-state index contributed by atoms with van der Waals surface area (Å²) in [5.41, 5.74) is 0.262. The molecule has 1 nitrogen and oxygen atoms in total. The summed E-state index contributed by atoms with van der Waals surface area (Å²) in [5.74, 6) is 0.636. The quantitative estimate of drug-likeness (QED) is 0.281. The molecule has 0 aliphatic carbocycles. The highest BCUT2D eigenvalue weighted by Gasteiger charge is 2.39. The smallest absolute Gasteiger partial charge is 0.0606 e. The van der Waals surface area contributed by atoms with Gasteiger partial charge in [0, 0.05) is 0 Å². The maximum Gasteiger partial charge on any atom is 0.0606 e. The molecule has 0 aromatic carbocycles. The minimum absolute atomic E-state index is 0.113. The predicted molar refractivity (Wildman–Crippen MR) is 123 cm³/mol. The Morgan fingerprint density at radius 1 is 0.630 bits per heavy atom. The van der Waals surface area contributed by atoms with Crippen LogP contribution in [-0.4, -0.2) is 11.2 Å². The lowest BCUT2D eigenvalue weighted by Crippen LogP contribution is -2.42. The first kappa shape index (κ1) is 27.0. The molecule has 163 valence electrons. The van der Waals surface area contributed by atoms with Crippen molar-refractivity contribution in [2.45, 2.75) is 138 Å². The van der Waals surface area contributed by atoms with Gasteiger partial charge in [-0.3, -0.25) is 0 Å². The van der Waals surface area contributed by atoms with E-state index in [1.165, 1.54) is 70.6 Å². The molecule has 27 heavy (non-hydrogen) atoms.